The van der Waals surface area contributed by atoms with Crippen LogP contribution in [0.1, 0.15) is 13.8 Å². The third-order valence-corrected chi connectivity index (χ3v) is 2.44. The van der Waals surface area contributed by atoms with E-state index >= 15 is 0 Å². The standard InChI is InChI=1S/C14H17FN2O/c1-4-13(10(2)3)16-9-14(18)17-12-7-5-6-11(15)8-12/h1,5-8,10,13,16H,9H2,2-3H3,(H,17,18). The van der Waals surface area contributed by atoms with Gasteiger partial charge in [-0.3, -0.25) is 10.1 Å². The molecule has 2 N–H and O–H groups in total. The molecule has 1 aromatic rings. The fraction of sp³-hybridized carbons (Fsp3) is 0.357. The number of halogens is 1. The minimum absolute atomic E-state index is 0.101. The molecule has 1 aromatic carbocycles. The lowest BCUT2D eigenvalue weighted by Crippen LogP contribution is -2.38. The summed E-state index contributed by atoms with van der Waals surface area (Å²) in [5.74, 6) is 2.19. The number of hydrogen-bond acceptors (Lipinski definition) is 2. The van der Waals surface area contributed by atoms with Crippen molar-refractivity contribution in [3.63, 3.8) is 0 Å². The quantitative estimate of drug-likeness (QED) is 0.783. The van der Waals surface area contributed by atoms with E-state index in [-0.39, 0.29) is 30.2 Å². The Kier molecular flexibility index (Phi) is 5.34. The molecule has 0 aliphatic carbocycles. The Morgan fingerprint density at radius 3 is 2.78 bits per heavy atom. The first-order valence-electron chi connectivity index (χ1n) is 5.78. The first-order chi connectivity index (χ1) is 8.52. The Labute approximate surface area is 107 Å². The van der Waals surface area contributed by atoms with Gasteiger partial charge >= 0.3 is 0 Å². The fourth-order valence-electron chi connectivity index (χ4n) is 1.46. The molecule has 0 bridgehead atoms. The van der Waals surface area contributed by atoms with E-state index in [4.69, 9.17) is 6.42 Å². The average molecular weight is 248 g/mol. The lowest BCUT2D eigenvalue weighted by atomic mass is 10.1. The molecule has 0 spiro atoms. The lowest BCUT2D eigenvalue weighted by Gasteiger charge is -2.16. The monoisotopic (exact) mass is 248 g/mol. The second-order valence-corrected chi connectivity index (χ2v) is 4.33. The summed E-state index contributed by atoms with van der Waals surface area (Å²) in [6.07, 6.45) is 5.34. The third-order valence-electron chi connectivity index (χ3n) is 2.44. The van der Waals surface area contributed by atoms with E-state index < -0.39 is 0 Å². The zero-order valence-electron chi connectivity index (χ0n) is 10.5. The van der Waals surface area contributed by atoms with Crippen LogP contribution in [0.5, 0.6) is 0 Å². The Hall–Kier alpha value is -1.86. The first-order valence-corrected chi connectivity index (χ1v) is 5.78. The van der Waals surface area contributed by atoms with Gasteiger partial charge in [0.05, 0.1) is 12.6 Å². The molecular formula is C14H17FN2O. The van der Waals surface area contributed by atoms with Crippen molar-refractivity contribution in [2.75, 3.05) is 11.9 Å². The Bertz CT molecular complexity index is 451. The molecule has 18 heavy (non-hydrogen) atoms. The zero-order chi connectivity index (χ0) is 13.5. The summed E-state index contributed by atoms with van der Waals surface area (Å²) in [7, 11) is 0. The van der Waals surface area contributed by atoms with Gasteiger partial charge in [-0.25, -0.2) is 4.39 Å². The summed E-state index contributed by atoms with van der Waals surface area (Å²) in [4.78, 5) is 11.6. The number of hydrogen-bond donors (Lipinski definition) is 2. The second kappa shape index (κ2) is 6.77. The van der Waals surface area contributed by atoms with Crippen LogP contribution in [0.3, 0.4) is 0 Å². The van der Waals surface area contributed by atoms with Crippen LogP contribution in [0.25, 0.3) is 0 Å². The summed E-state index contributed by atoms with van der Waals surface area (Å²) < 4.78 is 12.9. The summed E-state index contributed by atoms with van der Waals surface area (Å²) in [5.41, 5.74) is 0.434. The zero-order valence-corrected chi connectivity index (χ0v) is 10.5. The molecule has 0 fully saturated rings. The van der Waals surface area contributed by atoms with E-state index in [1.807, 2.05) is 13.8 Å². The molecule has 4 heteroatoms. The number of carbonyl (C=O) groups is 1. The molecular weight excluding hydrogens is 231 g/mol. The van der Waals surface area contributed by atoms with E-state index in [0.717, 1.165) is 0 Å². The van der Waals surface area contributed by atoms with Gasteiger partial charge in [-0.2, -0.15) is 0 Å². The number of terminal acetylenes is 1. The van der Waals surface area contributed by atoms with Crippen LogP contribution >= 0.6 is 0 Å². The molecule has 0 saturated heterocycles. The predicted octanol–water partition coefficient (Wildman–Crippen LogP) is 2.01. The maximum absolute atomic E-state index is 12.9. The van der Waals surface area contributed by atoms with Gasteiger partial charge in [-0.15, -0.1) is 6.42 Å². The van der Waals surface area contributed by atoms with Crippen molar-refractivity contribution in [3.05, 3.63) is 30.1 Å². The lowest BCUT2D eigenvalue weighted by molar-refractivity contribution is -0.115. The number of benzene rings is 1. The van der Waals surface area contributed by atoms with Gasteiger partial charge < -0.3 is 5.32 Å². The average Bonchev–Trinajstić information content (AvgIpc) is 2.29. The molecule has 0 radical (unpaired) electrons. The van der Waals surface area contributed by atoms with Crippen LogP contribution in [-0.2, 0) is 4.79 Å². The van der Waals surface area contributed by atoms with Gasteiger partial charge in [-0.05, 0) is 24.1 Å². The van der Waals surface area contributed by atoms with Crippen LogP contribution in [0.2, 0.25) is 0 Å². The SMILES string of the molecule is C#CC(NCC(=O)Nc1cccc(F)c1)C(C)C. The van der Waals surface area contributed by atoms with Gasteiger partial charge in [0.25, 0.3) is 0 Å². The highest BCUT2D eigenvalue weighted by atomic mass is 19.1. The van der Waals surface area contributed by atoms with Crippen molar-refractivity contribution in [2.45, 2.75) is 19.9 Å². The maximum Gasteiger partial charge on any atom is 0.238 e. The third kappa shape index (κ3) is 4.56. The molecule has 3 nitrogen and oxygen atoms in total. The number of rotatable bonds is 5. The van der Waals surface area contributed by atoms with Crippen LogP contribution in [0, 0.1) is 24.1 Å². The Balaban J connectivity index is 2.45. The van der Waals surface area contributed by atoms with Crippen LogP contribution in [0.15, 0.2) is 24.3 Å². The molecule has 96 valence electrons. The van der Waals surface area contributed by atoms with Gasteiger partial charge in [0.15, 0.2) is 0 Å². The minimum Gasteiger partial charge on any atom is -0.325 e. The first kappa shape index (κ1) is 14.2. The molecule has 1 unspecified atom stereocenters. The molecule has 1 amide bonds. The van der Waals surface area contributed by atoms with Crippen LogP contribution in [0.4, 0.5) is 10.1 Å². The van der Waals surface area contributed by atoms with E-state index in [0.29, 0.717) is 5.69 Å². The van der Waals surface area contributed by atoms with Crippen LogP contribution < -0.4 is 10.6 Å². The van der Waals surface area contributed by atoms with Crippen molar-refractivity contribution < 1.29 is 9.18 Å². The summed E-state index contributed by atoms with van der Waals surface area (Å²) in [5, 5.41) is 5.55. The molecule has 1 atom stereocenters. The highest BCUT2D eigenvalue weighted by Gasteiger charge is 2.11. The molecule has 1 rings (SSSR count). The smallest absolute Gasteiger partial charge is 0.238 e. The molecule has 0 aromatic heterocycles. The molecule has 0 heterocycles. The minimum atomic E-state index is -0.385. The number of amides is 1. The van der Waals surface area contributed by atoms with Gasteiger partial charge in [0, 0.05) is 5.69 Å². The van der Waals surface area contributed by atoms with Crippen molar-refractivity contribution in [1.29, 1.82) is 0 Å². The number of anilines is 1. The summed E-state index contributed by atoms with van der Waals surface area (Å²) >= 11 is 0. The van der Waals surface area contributed by atoms with Crippen LogP contribution in [-0.4, -0.2) is 18.5 Å². The predicted molar refractivity (Wildman–Crippen MR) is 70.5 cm³/mol. The molecule has 0 saturated carbocycles. The van der Waals surface area contributed by atoms with E-state index in [1.54, 1.807) is 6.07 Å². The van der Waals surface area contributed by atoms with E-state index in [9.17, 15) is 9.18 Å². The maximum atomic E-state index is 12.9. The van der Waals surface area contributed by atoms with Crippen molar-refractivity contribution in [3.8, 4) is 12.3 Å². The number of nitrogens with one attached hydrogen (secondary N) is 2. The van der Waals surface area contributed by atoms with Gasteiger partial charge in [0.1, 0.15) is 5.82 Å². The number of carbonyl (C=O) groups excluding carboxylic acids is 1. The van der Waals surface area contributed by atoms with Crippen molar-refractivity contribution >= 4 is 11.6 Å². The Morgan fingerprint density at radius 1 is 1.50 bits per heavy atom. The van der Waals surface area contributed by atoms with Gasteiger partial charge in [0.2, 0.25) is 5.91 Å². The summed E-state index contributed by atoms with van der Waals surface area (Å²) in [6, 6.07) is 5.60. The topological polar surface area (TPSA) is 41.1 Å². The molecule has 0 aliphatic heterocycles. The normalized spacial score (nSPS) is 11.9. The van der Waals surface area contributed by atoms with Crippen molar-refractivity contribution in [2.24, 2.45) is 5.92 Å². The van der Waals surface area contributed by atoms with Crippen molar-refractivity contribution in [1.82, 2.24) is 5.32 Å². The van der Waals surface area contributed by atoms with E-state index in [1.165, 1.54) is 18.2 Å². The fourth-order valence-corrected chi connectivity index (χ4v) is 1.46. The van der Waals surface area contributed by atoms with E-state index in [2.05, 4.69) is 16.6 Å². The highest BCUT2D eigenvalue weighted by molar-refractivity contribution is 5.92. The summed E-state index contributed by atoms with van der Waals surface area (Å²) in [6.45, 7) is 4.05. The highest BCUT2D eigenvalue weighted by Crippen LogP contribution is 2.08. The molecule has 0 aliphatic rings. The second-order valence-electron chi connectivity index (χ2n) is 4.33. The Morgan fingerprint density at radius 2 is 2.22 bits per heavy atom. The van der Waals surface area contributed by atoms with Gasteiger partial charge in [-0.1, -0.05) is 25.8 Å². The largest absolute Gasteiger partial charge is 0.325 e.